The van der Waals surface area contributed by atoms with Crippen LogP contribution in [-0.4, -0.2) is 15.9 Å². The van der Waals surface area contributed by atoms with Gasteiger partial charge in [0.2, 0.25) is 0 Å². The van der Waals surface area contributed by atoms with E-state index >= 15 is 0 Å². The van der Waals surface area contributed by atoms with E-state index in [4.69, 9.17) is 0 Å². The Morgan fingerprint density at radius 3 is 2.18 bits per heavy atom. The highest BCUT2D eigenvalue weighted by Crippen LogP contribution is 2.23. The lowest BCUT2D eigenvalue weighted by molar-refractivity contribution is 0.102. The average Bonchev–Trinajstić information content (AvgIpc) is 2.69. The highest BCUT2D eigenvalue weighted by molar-refractivity contribution is 6.02. The molecule has 144 valence electrons. The fourth-order valence-electron chi connectivity index (χ4n) is 2.82. The Balaban J connectivity index is 1.62. The third-order valence-electron chi connectivity index (χ3n) is 4.56. The van der Waals surface area contributed by atoms with Gasteiger partial charge in [0, 0.05) is 11.7 Å². The van der Waals surface area contributed by atoms with Crippen molar-refractivity contribution in [1.82, 2.24) is 9.97 Å². The van der Waals surface area contributed by atoms with Crippen LogP contribution in [0, 0.1) is 0 Å². The summed E-state index contributed by atoms with van der Waals surface area (Å²) in [5, 5.41) is 6.15. The lowest BCUT2D eigenvalue weighted by atomic mass is 9.87. The van der Waals surface area contributed by atoms with Crippen LogP contribution < -0.4 is 10.6 Å². The fourth-order valence-corrected chi connectivity index (χ4v) is 2.82. The molecule has 0 saturated carbocycles. The SMILES string of the molecule is CC(Nc1cnc(C(=O)Nc2ccc(C(C)(C)C)cc2)cn1)c1ccccc1. The second-order valence-electron chi connectivity index (χ2n) is 7.85. The minimum Gasteiger partial charge on any atom is -0.362 e. The van der Waals surface area contributed by atoms with Crippen molar-refractivity contribution in [1.29, 1.82) is 0 Å². The van der Waals surface area contributed by atoms with Gasteiger partial charge in [0.1, 0.15) is 11.5 Å². The van der Waals surface area contributed by atoms with E-state index in [-0.39, 0.29) is 23.1 Å². The van der Waals surface area contributed by atoms with Gasteiger partial charge < -0.3 is 10.6 Å². The third-order valence-corrected chi connectivity index (χ3v) is 4.56. The molecule has 0 fully saturated rings. The van der Waals surface area contributed by atoms with Crippen molar-refractivity contribution in [3.63, 3.8) is 0 Å². The Kier molecular flexibility index (Phi) is 5.73. The molecule has 3 rings (SSSR count). The highest BCUT2D eigenvalue weighted by Gasteiger charge is 2.14. The van der Waals surface area contributed by atoms with Crippen molar-refractivity contribution in [3.8, 4) is 0 Å². The van der Waals surface area contributed by atoms with Gasteiger partial charge >= 0.3 is 0 Å². The molecule has 0 spiro atoms. The summed E-state index contributed by atoms with van der Waals surface area (Å²) in [5.41, 5.74) is 3.46. The molecule has 0 aliphatic rings. The molecule has 0 aliphatic heterocycles. The van der Waals surface area contributed by atoms with Crippen molar-refractivity contribution in [3.05, 3.63) is 83.8 Å². The zero-order valence-corrected chi connectivity index (χ0v) is 16.7. The molecule has 0 saturated heterocycles. The van der Waals surface area contributed by atoms with Crippen LogP contribution >= 0.6 is 0 Å². The van der Waals surface area contributed by atoms with E-state index in [0.29, 0.717) is 5.82 Å². The summed E-state index contributed by atoms with van der Waals surface area (Å²) in [6, 6.07) is 18.1. The predicted molar refractivity (Wildman–Crippen MR) is 114 cm³/mol. The summed E-state index contributed by atoms with van der Waals surface area (Å²) in [7, 11) is 0. The van der Waals surface area contributed by atoms with E-state index in [2.05, 4.69) is 60.4 Å². The van der Waals surface area contributed by atoms with E-state index in [1.54, 1.807) is 6.20 Å². The Morgan fingerprint density at radius 2 is 1.61 bits per heavy atom. The lowest BCUT2D eigenvalue weighted by Gasteiger charge is -2.19. The number of hydrogen-bond acceptors (Lipinski definition) is 4. The van der Waals surface area contributed by atoms with Gasteiger partial charge in [0.15, 0.2) is 0 Å². The zero-order chi connectivity index (χ0) is 20.1. The van der Waals surface area contributed by atoms with Crippen molar-refractivity contribution >= 4 is 17.4 Å². The topological polar surface area (TPSA) is 66.9 Å². The van der Waals surface area contributed by atoms with Gasteiger partial charge in [-0.25, -0.2) is 9.97 Å². The fraction of sp³-hybridized carbons (Fsp3) is 0.261. The maximum absolute atomic E-state index is 12.4. The molecule has 1 unspecified atom stereocenters. The third kappa shape index (κ3) is 4.94. The maximum atomic E-state index is 12.4. The number of rotatable bonds is 5. The van der Waals surface area contributed by atoms with Crippen molar-refractivity contribution < 1.29 is 4.79 Å². The smallest absolute Gasteiger partial charge is 0.275 e. The van der Waals surface area contributed by atoms with Crippen LogP contribution in [-0.2, 0) is 5.41 Å². The Hall–Kier alpha value is -3.21. The molecule has 2 aromatic carbocycles. The minimum atomic E-state index is -0.279. The first-order valence-corrected chi connectivity index (χ1v) is 9.38. The minimum absolute atomic E-state index is 0.0771. The van der Waals surface area contributed by atoms with Gasteiger partial charge in [-0.2, -0.15) is 0 Å². The molecule has 0 radical (unpaired) electrons. The van der Waals surface area contributed by atoms with E-state index in [1.165, 1.54) is 11.8 Å². The number of anilines is 2. The van der Waals surface area contributed by atoms with Gasteiger partial charge in [-0.05, 0) is 35.6 Å². The van der Waals surface area contributed by atoms with E-state index < -0.39 is 0 Å². The van der Waals surface area contributed by atoms with E-state index in [9.17, 15) is 4.79 Å². The standard InChI is InChI=1S/C23H26N4O/c1-16(17-8-6-5-7-9-17)26-21-15-24-20(14-25-21)22(28)27-19-12-10-18(11-13-19)23(2,3)4/h5-16H,1-4H3,(H,25,26)(H,27,28). The molecule has 0 bridgehead atoms. The first kappa shape index (κ1) is 19.5. The van der Waals surface area contributed by atoms with E-state index in [1.807, 2.05) is 42.5 Å². The molecule has 5 heteroatoms. The summed E-state index contributed by atoms with van der Waals surface area (Å²) >= 11 is 0. The van der Waals surface area contributed by atoms with E-state index in [0.717, 1.165) is 11.3 Å². The first-order chi connectivity index (χ1) is 13.3. The van der Waals surface area contributed by atoms with Gasteiger partial charge in [0.05, 0.1) is 12.4 Å². The summed E-state index contributed by atoms with van der Waals surface area (Å²) in [6.07, 6.45) is 3.07. The lowest BCUT2D eigenvalue weighted by Crippen LogP contribution is -2.16. The van der Waals surface area contributed by atoms with Crippen LogP contribution in [0.15, 0.2) is 67.0 Å². The van der Waals surface area contributed by atoms with Crippen LogP contribution in [0.5, 0.6) is 0 Å². The predicted octanol–water partition coefficient (Wildman–Crippen LogP) is 5.20. The maximum Gasteiger partial charge on any atom is 0.275 e. The molecule has 0 aliphatic carbocycles. The summed E-state index contributed by atoms with van der Waals surface area (Å²) in [5.74, 6) is 0.348. The van der Waals surface area contributed by atoms with Gasteiger partial charge in [0.25, 0.3) is 5.91 Å². The zero-order valence-electron chi connectivity index (χ0n) is 16.7. The summed E-state index contributed by atoms with van der Waals surface area (Å²) < 4.78 is 0. The molecule has 3 aromatic rings. The first-order valence-electron chi connectivity index (χ1n) is 9.38. The Morgan fingerprint density at radius 1 is 0.929 bits per heavy atom. The molecule has 2 N–H and O–H groups in total. The summed E-state index contributed by atoms with van der Waals surface area (Å²) in [4.78, 5) is 21.0. The van der Waals surface area contributed by atoms with Crippen LogP contribution in [0.3, 0.4) is 0 Å². The van der Waals surface area contributed by atoms with Crippen molar-refractivity contribution in [2.75, 3.05) is 10.6 Å². The molecule has 1 aromatic heterocycles. The number of carbonyl (C=O) groups is 1. The van der Waals surface area contributed by atoms with Crippen LogP contribution in [0.25, 0.3) is 0 Å². The Labute approximate surface area is 166 Å². The number of aromatic nitrogens is 2. The average molecular weight is 374 g/mol. The Bertz CT molecular complexity index is 914. The number of nitrogens with zero attached hydrogens (tertiary/aromatic N) is 2. The molecule has 1 atom stereocenters. The number of benzene rings is 2. The molecule has 1 heterocycles. The number of amides is 1. The monoisotopic (exact) mass is 374 g/mol. The molecule has 1 amide bonds. The normalized spacial score (nSPS) is 12.3. The number of nitrogens with one attached hydrogen (secondary N) is 2. The second kappa shape index (κ2) is 8.21. The summed E-state index contributed by atoms with van der Waals surface area (Å²) in [6.45, 7) is 8.53. The van der Waals surface area contributed by atoms with Gasteiger partial charge in [-0.1, -0.05) is 63.2 Å². The molecule has 5 nitrogen and oxygen atoms in total. The van der Waals surface area contributed by atoms with Crippen LogP contribution in [0.2, 0.25) is 0 Å². The quantitative estimate of drug-likeness (QED) is 0.644. The van der Waals surface area contributed by atoms with Gasteiger partial charge in [-0.15, -0.1) is 0 Å². The molecular formula is C23H26N4O. The largest absolute Gasteiger partial charge is 0.362 e. The van der Waals surface area contributed by atoms with Crippen LogP contribution in [0.4, 0.5) is 11.5 Å². The van der Waals surface area contributed by atoms with Gasteiger partial charge in [-0.3, -0.25) is 4.79 Å². The number of hydrogen-bond donors (Lipinski definition) is 2. The van der Waals surface area contributed by atoms with Crippen molar-refractivity contribution in [2.45, 2.75) is 39.2 Å². The molecule has 28 heavy (non-hydrogen) atoms. The number of carbonyl (C=O) groups excluding carboxylic acids is 1. The highest BCUT2D eigenvalue weighted by atomic mass is 16.1. The van der Waals surface area contributed by atoms with Crippen LogP contribution in [0.1, 0.15) is 55.4 Å². The van der Waals surface area contributed by atoms with Crippen molar-refractivity contribution in [2.24, 2.45) is 0 Å². The molecular weight excluding hydrogens is 348 g/mol. The second-order valence-corrected chi connectivity index (χ2v) is 7.85.